The van der Waals surface area contributed by atoms with Crippen LogP contribution >= 0.6 is 0 Å². The number of hydrogen-bond donors (Lipinski definition) is 5. The zero-order chi connectivity index (χ0) is 29.4. The Balaban J connectivity index is 1.93. The number of carboxylic acids is 1. The Morgan fingerprint density at radius 1 is 1.05 bits per heavy atom. The third-order valence-electron chi connectivity index (χ3n) is 5.81. The van der Waals surface area contributed by atoms with Gasteiger partial charge in [0.05, 0.1) is 30.4 Å². The van der Waals surface area contributed by atoms with Crippen LogP contribution in [-0.2, 0) is 28.8 Å². The van der Waals surface area contributed by atoms with Gasteiger partial charge in [-0.3, -0.25) is 33.7 Å². The molecule has 0 saturated carbocycles. The zero-order valence-electron chi connectivity index (χ0n) is 21.3. The number of anilines is 3. The number of nitrogens with zero attached hydrogens (tertiary/aromatic N) is 2. The van der Waals surface area contributed by atoms with Gasteiger partial charge in [0.1, 0.15) is 25.5 Å². The van der Waals surface area contributed by atoms with Crippen LogP contribution in [-0.4, -0.2) is 83.8 Å². The van der Waals surface area contributed by atoms with Crippen molar-refractivity contribution in [1.29, 1.82) is 0 Å². The second kappa shape index (κ2) is 13.1. The van der Waals surface area contributed by atoms with Gasteiger partial charge in [-0.25, -0.2) is 0 Å². The predicted molar refractivity (Wildman–Crippen MR) is 140 cm³/mol. The largest absolute Gasteiger partial charge is 0.481 e. The number of rotatable bonds is 10. The molecular formula is C26H27N5O9. The lowest BCUT2D eigenvalue weighted by atomic mass is 10.1. The number of carbonyl (C=O) groups excluding carboxylic acids is 6. The van der Waals surface area contributed by atoms with Gasteiger partial charge in [0, 0.05) is 18.2 Å². The molecule has 2 aromatic carbocycles. The molecule has 0 fully saturated rings. The summed E-state index contributed by atoms with van der Waals surface area (Å²) in [4.78, 5) is 87.7. The van der Waals surface area contributed by atoms with Crippen molar-refractivity contribution in [2.45, 2.75) is 25.4 Å². The molecule has 5 amide bonds. The molecule has 1 aliphatic heterocycles. The third kappa shape index (κ3) is 7.26. The maximum atomic E-state index is 13.7. The van der Waals surface area contributed by atoms with Crippen molar-refractivity contribution in [3.63, 3.8) is 0 Å². The molecule has 2 atom stereocenters. The monoisotopic (exact) mass is 553 g/mol. The number of aliphatic hydroxyl groups excluding tert-OH is 1. The van der Waals surface area contributed by atoms with E-state index in [1.54, 1.807) is 12.1 Å². The maximum absolute atomic E-state index is 13.7. The molecule has 0 spiro atoms. The normalized spacial score (nSPS) is 15.2. The van der Waals surface area contributed by atoms with Crippen LogP contribution in [0.2, 0.25) is 0 Å². The van der Waals surface area contributed by atoms with E-state index in [4.69, 9.17) is 5.11 Å². The van der Waals surface area contributed by atoms with Crippen LogP contribution in [0.5, 0.6) is 0 Å². The lowest BCUT2D eigenvalue weighted by Crippen LogP contribution is -2.55. The Kier molecular flexibility index (Phi) is 9.65. The minimum atomic E-state index is -1.38. The summed E-state index contributed by atoms with van der Waals surface area (Å²) in [6.45, 7) is -0.616. The number of para-hydroxylation sites is 2. The summed E-state index contributed by atoms with van der Waals surface area (Å²) < 4.78 is 0. The van der Waals surface area contributed by atoms with Crippen molar-refractivity contribution in [2.24, 2.45) is 0 Å². The number of aldehydes is 1. The average molecular weight is 554 g/mol. The Morgan fingerprint density at radius 3 is 2.27 bits per heavy atom. The van der Waals surface area contributed by atoms with Crippen molar-refractivity contribution in [2.75, 3.05) is 34.8 Å². The molecular weight excluding hydrogens is 526 g/mol. The standard InChI is InChI=1S/C26H27N5O9/c1-15(34)27-17-8-6-16(7-9-17)25(39)29-19-11-30(23(36)14-33)20-4-2-3-5-21(20)31(26(19)40)12-22(35)28-18(13-32)10-24(37)38/h2-9,13,18-19,33H,10-12,14H2,1H3,(H,27,34)(H,28,35)(H,29,39)(H,37,38)/t18-,19-/m0/s1. The Bertz CT molecular complexity index is 1330. The lowest BCUT2D eigenvalue weighted by molar-refractivity contribution is -0.139. The first-order valence-corrected chi connectivity index (χ1v) is 12.0. The first-order chi connectivity index (χ1) is 19.0. The third-order valence-corrected chi connectivity index (χ3v) is 5.81. The van der Waals surface area contributed by atoms with Gasteiger partial charge in [0.25, 0.3) is 17.7 Å². The molecule has 210 valence electrons. The first-order valence-electron chi connectivity index (χ1n) is 12.0. The highest BCUT2D eigenvalue weighted by Gasteiger charge is 2.37. The molecule has 40 heavy (non-hydrogen) atoms. The van der Waals surface area contributed by atoms with Crippen LogP contribution in [0.15, 0.2) is 48.5 Å². The molecule has 14 nitrogen and oxygen atoms in total. The minimum Gasteiger partial charge on any atom is -0.481 e. The van der Waals surface area contributed by atoms with Gasteiger partial charge < -0.3 is 35.9 Å². The summed E-state index contributed by atoms with van der Waals surface area (Å²) in [5.41, 5.74) is 0.868. The van der Waals surface area contributed by atoms with Crippen molar-refractivity contribution >= 4 is 58.9 Å². The quantitative estimate of drug-likeness (QED) is 0.235. The number of carbonyl (C=O) groups is 7. The number of carboxylic acid groups (broad SMARTS) is 1. The van der Waals surface area contributed by atoms with E-state index in [9.17, 15) is 38.7 Å². The van der Waals surface area contributed by atoms with E-state index >= 15 is 0 Å². The number of aliphatic hydroxyl groups is 1. The second-order valence-corrected chi connectivity index (χ2v) is 8.77. The van der Waals surface area contributed by atoms with E-state index in [0.717, 1.165) is 9.80 Å². The van der Waals surface area contributed by atoms with Gasteiger partial charge in [0.2, 0.25) is 11.8 Å². The number of aliphatic carboxylic acids is 1. The SMILES string of the molecule is CC(=O)Nc1ccc(C(=O)N[C@H]2CN(C(=O)CO)c3ccccc3N(CC(=O)N[C@H](C=O)CC(=O)O)C2=O)cc1. The highest BCUT2D eigenvalue weighted by Crippen LogP contribution is 2.33. The van der Waals surface area contributed by atoms with Crippen molar-refractivity contribution in [3.05, 3.63) is 54.1 Å². The smallest absolute Gasteiger partial charge is 0.305 e. The summed E-state index contributed by atoms with van der Waals surface area (Å²) in [6, 6.07) is 9.16. The van der Waals surface area contributed by atoms with Gasteiger partial charge in [-0.1, -0.05) is 12.1 Å². The average Bonchev–Trinajstić information content (AvgIpc) is 3.02. The topological polar surface area (TPSA) is 203 Å². The molecule has 1 heterocycles. The Hall–Kier alpha value is -5.11. The van der Waals surface area contributed by atoms with Crippen LogP contribution in [0.1, 0.15) is 23.7 Å². The van der Waals surface area contributed by atoms with E-state index in [1.165, 1.54) is 43.3 Å². The number of amides is 5. The fourth-order valence-electron chi connectivity index (χ4n) is 4.05. The van der Waals surface area contributed by atoms with Gasteiger partial charge in [-0.15, -0.1) is 0 Å². The molecule has 0 aliphatic carbocycles. The van der Waals surface area contributed by atoms with Crippen molar-refractivity contribution in [1.82, 2.24) is 10.6 Å². The predicted octanol–water partition coefficient (Wildman–Crippen LogP) is -0.726. The zero-order valence-corrected chi connectivity index (χ0v) is 21.3. The van der Waals surface area contributed by atoms with Crippen LogP contribution in [0.4, 0.5) is 17.1 Å². The maximum Gasteiger partial charge on any atom is 0.305 e. The molecule has 0 unspecified atom stereocenters. The van der Waals surface area contributed by atoms with Crippen molar-refractivity contribution < 1.29 is 43.8 Å². The number of fused-ring (bicyclic) bond motifs is 1. The molecule has 3 rings (SSSR count). The van der Waals surface area contributed by atoms with Gasteiger partial charge in [0.15, 0.2) is 0 Å². The van der Waals surface area contributed by atoms with E-state index in [-0.39, 0.29) is 35.7 Å². The fourth-order valence-corrected chi connectivity index (χ4v) is 4.05. The molecule has 0 bridgehead atoms. The Morgan fingerprint density at radius 2 is 1.70 bits per heavy atom. The van der Waals surface area contributed by atoms with Gasteiger partial charge >= 0.3 is 5.97 Å². The van der Waals surface area contributed by atoms with Gasteiger partial charge in [-0.05, 0) is 36.4 Å². The molecule has 1 aliphatic rings. The van der Waals surface area contributed by atoms with E-state index in [1.807, 2.05) is 0 Å². The summed E-state index contributed by atoms with van der Waals surface area (Å²) in [6.07, 6.45) is -0.413. The summed E-state index contributed by atoms with van der Waals surface area (Å²) in [5, 5.41) is 25.9. The molecule has 14 heteroatoms. The molecule has 0 aromatic heterocycles. The number of benzene rings is 2. The van der Waals surface area contributed by atoms with Crippen LogP contribution in [0.3, 0.4) is 0 Å². The summed E-state index contributed by atoms with van der Waals surface area (Å²) in [7, 11) is 0. The number of nitrogens with one attached hydrogen (secondary N) is 3. The van der Waals surface area contributed by atoms with Crippen LogP contribution in [0, 0.1) is 0 Å². The highest BCUT2D eigenvalue weighted by molar-refractivity contribution is 6.11. The number of hydrogen-bond acceptors (Lipinski definition) is 8. The molecule has 0 saturated heterocycles. The Labute approximate surface area is 227 Å². The lowest BCUT2D eigenvalue weighted by Gasteiger charge is -2.25. The minimum absolute atomic E-state index is 0.113. The fraction of sp³-hybridized carbons (Fsp3) is 0.269. The van der Waals surface area contributed by atoms with E-state index in [0.29, 0.717) is 5.69 Å². The molecule has 0 radical (unpaired) electrons. The van der Waals surface area contributed by atoms with Crippen LogP contribution < -0.4 is 25.8 Å². The highest BCUT2D eigenvalue weighted by atomic mass is 16.4. The second-order valence-electron chi connectivity index (χ2n) is 8.77. The molecule has 5 N–H and O–H groups in total. The van der Waals surface area contributed by atoms with Crippen LogP contribution in [0.25, 0.3) is 0 Å². The summed E-state index contributed by atoms with van der Waals surface area (Å²) >= 11 is 0. The van der Waals surface area contributed by atoms with Crippen molar-refractivity contribution in [3.8, 4) is 0 Å². The van der Waals surface area contributed by atoms with Gasteiger partial charge in [-0.2, -0.15) is 0 Å². The molecule has 2 aromatic rings. The van der Waals surface area contributed by atoms with E-state index < -0.39 is 61.3 Å². The van der Waals surface area contributed by atoms with E-state index in [2.05, 4.69) is 16.0 Å². The summed E-state index contributed by atoms with van der Waals surface area (Å²) in [5.74, 6) is -4.72. The first kappa shape index (κ1) is 29.4.